The molecule has 41 heavy (non-hydrogen) atoms. The molecular formula is C27H29F3N6O5. The van der Waals surface area contributed by atoms with E-state index in [9.17, 15) is 32.3 Å². The maximum Gasteiger partial charge on any atom is 0.435 e. The van der Waals surface area contributed by atoms with Gasteiger partial charge in [-0.05, 0) is 57.5 Å². The average molecular weight is 575 g/mol. The fourth-order valence-electron chi connectivity index (χ4n) is 3.41. The molecule has 11 nitrogen and oxygen atoms in total. The molecule has 14 heteroatoms. The van der Waals surface area contributed by atoms with Crippen LogP contribution < -0.4 is 21.5 Å². The highest BCUT2D eigenvalue weighted by molar-refractivity contribution is 5.98. The number of benzene rings is 2. The summed E-state index contributed by atoms with van der Waals surface area (Å²) in [7, 11) is 0. The molecule has 0 bridgehead atoms. The molecule has 218 valence electrons. The molecule has 3 rings (SSSR count). The zero-order valence-electron chi connectivity index (χ0n) is 22.6. The lowest BCUT2D eigenvalue weighted by atomic mass is 10.2. The Hall–Kier alpha value is -4.88. The normalized spacial score (nSPS) is 12.2. The van der Waals surface area contributed by atoms with Gasteiger partial charge in [0.05, 0.1) is 5.69 Å². The smallest absolute Gasteiger partial charge is 0.435 e. The minimum absolute atomic E-state index is 0.0466. The van der Waals surface area contributed by atoms with Crippen LogP contribution in [0, 0.1) is 0 Å². The van der Waals surface area contributed by atoms with Crippen molar-refractivity contribution in [2.75, 3.05) is 0 Å². The van der Waals surface area contributed by atoms with Gasteiger partial charge in [0.1, 0.15) is 17.3 Å². The van der Waals surface area contributed by atoms with E-state index in [1.54, 1.807) is 45.0 Å². The van der Waals surface area contributed by atoms with Gasteiger partial charge < -0.3 is 15.4 Å². The second-order valence-electron chi connectivity index (χ2n) is 9.85. The number of amides is 4. The number of carbonyl (C=O) groups is 4. The van der Waals surface area contributed by atoms with Crippen molar-refractivity contribution in [2.45, 2.75) is 52.1 Å². The van der Waals surface area contributed by atoms with Gasteiger partial charge in [-0.3, -0.25) is 25.2 Å². The molecule has 0 radical (unpaired) electrons. The first-order chi connectivity index (χ1) is 19.1. The van der Waals surface area contributed by atoms with Gasteiger partial charge in [-0.2, -0.15) is 18.3 Å². The summed E-state index contributed by atoms with van der Waals surface area (Å²) in [6.45, 7) is 6.45. The molecule has 1 aromatic heterocycles. The quantitative estimate of drug-likeness (QED) is 0.318. The predicted octanol–water partition coefficient (Wildman–Crippen LogP) is 3.50. The number of hydrazine groups is 1. The Bertz CT molecular complexity index is 1420. The van der Waals surface area contributed by atoms with Crippen LogP contribution in [0.25, 0.3) is 5.69 Å². The fourth-order valence-corrected chi connectivity index (χ4v) is 3.41. The molecule has 0 aliphatic heterocycles. The molecule has 1 unspecified atom stereocenters. The lowest BCUT2D eigenvalue weighted by molar-refractivity contribution is -0.141. The van der Waals surface area contributed by atoms with Crippen LogP contribution in [0.2, 0.25) is 0 Å². The second-order valence-corrected chi connectivity index (χ2v) is 9.85. The minimum atomic E-state index is -4.85. The van der Waals surface area contributed by atoms with Gasteiger partial charge in [0, 0.05) is 18.2 Å². The number of ether oxygens (including phenoxy) is 1. The number of aromatic nitrogens is 2. The summed E-state index contributed by atoms with van der Waals surface area (Å²) in [5, 5.41) is 8.58. The van der Waals surface area contributed by atoms with E-state index >= 15 is 0 Å². The number of hydrogen-bond acceptors (Lipinski definition) is 6. The Balaban J connectivity index is 1.74. The number of alkyl halides is 3. The van der Waals surface area contributed by atoms with Gasteiger partial charge in [-0.15, -0.1) is 0 Å². The summed E-state index contributed by atoms with van der Waals surface area (Å²) in [5.74, 6) is -2.25. The Morgan fingerprint density at radius 3 is 2.22 bits per heavy atom. The largest absolute Gasteiger partial charge is 0.444 e. The Morgan fingerprint density at radius 2 is 1.59 bits per heavy atom. The van der Waals surface area contributed by atoms with E-state index in [0.717, 1.165) is 4.68 Å². The molecule has 3 aromatic rings. The van der Waals surface area contributed by atoms with Crippen LogP contribution in [-0.2, 0) is 22.3 Å². The Labute approximate surface area is 233 Å². The molecule has 2 aromatic carbocycles. The van der Waals surface area contributed by atoms with Crippen molar-refractivity contribution in [3.8, 4) is 5.69 Å². The van der Waals surface area contributed by atoms with Crippen LogP contribution in [0.4, 0.5) is 18.0 Å². The molecule has 0 aliphatic rings. The van der Waals surface area contributed by atoms with E-state index in [0.29, 0.717) is 11.6 Å². The third-order valence-corrected chi connectivity index (χ3v) is 5.31. The van der Waals surface area contributed by atoms with Gasteiger partial charge in [-0.25, -0.2) is 9.48 Å². The molecule has 0 spiro atoms. The number of carbonyl (C=O) groups excluding carboxylic acids is 4. The van der Waals surface area contributed by atoms with E-state index in [2.05, 4.69) is 26.6 Å². The standard InChI is InChI=1S/C27H29F3N6O5/c1-16(32-25(40)41-26(2,3)4)22(37)31-15-17-9-8-12-19(13-17)36-20(14-21(35-36)27(28,29)30)24(39)34-33-23(38)18-10-6-5-7-11-18/h5-14,16H,15H2,1-4H3,(H,31,37)(H,32,40)(H,33,38)(H,34,39). The molecule has 0 saturated carbocycles. The van der Waals surface area contributed by atoms with Crippen molar-refractivity contribution in [1.29, 1.82) is 0 Å². The number of nitrogens with zero attached hydrogens (tertiary/aromatic N) is 2. The van der Waals surface area contributed by atoms with Crippen LogP contribution in [0.1, 0.15) is 59.8 Å². The summed E-state index contributed by atoms with van der Waals surface area (Å²) < 4.78 is 46.3. The third-order valence-electron chi connectivity index (χ3n) is 5.31. The van der Waals surface area contributed by atoms with Crippen molar-refractivity contribution >= 4 is 23.8 Å². The monoisotopic (exact) mass is 574 g/mol. The highest BCUT2D eigenvalue weighted by Crippen LogP contribution is 2.29. The molecule has 1 heterocycles. The topological polar surface area (TPSA) is 143 Å². The van der Waals surface area contributed by atoms with Crippen LogP contribution in [0.5, 0.6) is 0 Å². The van der Waals surface area contributed by atoms with Crippen molar-refractivity contribution in [3.63, 3.8) is 0 Å². The molecule has 1 atom stereocenters. The minimum Gasteiger partial charge on any atom is -0.444 e. The molecule has 0 aliphatic carbocycles. The van der Waals surface area contributed by atoms with Crippen molar-refractivity contribution < 1.29 is 37.1 Å². The lowest BCUT2D eigenvalue weighted by Gasteiger charge is -2.21. The van der Waals surface area contributed by atoms with E-state index in [1.807, 2.05) is 0 Å². The first kappa shape index (κ1) is 30.7. The number of hydrogen-bond donors (Lipinski definition) is 4. The van der Waals surface area contributed by atoms with Gasteiger partial charge in [0.15, 0.2) is 5.69 Å². The number of alkyl carbamates (subject to hydrolysis) is 1. The van der Waals surface area contributed by atoms with E-state index in [-0.39, 0.29) is 17.8 Å². The molecule has 0 saturated heterocycles. The summed E-state index contributed by atoms with van der Waals surface area (Å²) in [4.78, 5) is 49.4. The Kier molecular flexibility index (Phi) is 9.37. The summed E-state index contributed by atoms with van der Waals surface area (Å²) >= 11 is 0. The summed E-state index contributed by atoms with van der Waals surface area (Å²) in [5.41, 5.74) is 2.47. The first-order valence-electron chi connectivity index (χ1n) is 12.3. The average Bonchev–Trinajstić information content (AvgIpc) is 3.36. The number of halogens is 3. The Morgan fingerprint density at radius 1 is 0.927 bits per heavy atom. The lowest BCUT2D eigenvalue weighted by Crippen LogP contribution is -2.46. The van der Waals surface area contributed by atoms with E-state index in [1.165, 1.54) is 37.3 Å². The van der Waals surface area contributed by atoms with E-state index < -0.39 is 53.0 Å². The fraction of sp³-hybridized carbons (Fsp3) is 0.296. The van der Waals surface area contributed by atoms with Crippen molar-refractivity contribution in [2.24, 2.45) is 0 Å². The highest BCUT2D eigenvalue weighted by atomic mass is 19.4. The van der Waals surface area contributed by atoms with Crippen molar-refractivity contribution in [3.05, 3.63) is 83.2 Å². The number of nitrogens with one attached hydrogen (secondary N) is 4. The van der Waals surface area contributed by atoms with Crippen LogP contribution >= 0.6 is 0 Å². The van der Waals surface area contributed by atoms with Crippen LogP contribution in [0.3, 0.4) is 0 Å². The second kappa shape index (κ2) is 12.5. The van der Waals surface area contributed by atoms with Crippen LogP contribution in [0.15, 0.2) is 60.7 Å². The third kappa shape index (κ3) is 8.81. The number of rotatable bonds is 7. The maximum absolute atomic E-state index is 13.5. The maximum atomic E-state index is 13.5. The molecular weight excluding hydrogens is 545 g/mol. The highest BCUT2D eigenvalue weighted by Gasteiger charge is 2.36. The predicted molar refractivity (Wildman–Crippen MR) is 141 cm³/mol. The van der Waals surface area contributed by atoms with Gasteiger partial charge >= 0.3 is 12.3 Å². The SMILES string of the molecule is CC(NC(=O)OC(C)(C)C)C(=O)NCc1cccc(-n2nc(C(F)(F)F)cc2C(=O)NNC(=O)c2ccccc2)c1. The molecule has 0 fully saturated rings. The van der Waals surface area contributed by atoms with Crippen molar-refractivity contribution in [1.82, 2.24) is 31.3 Å². The van der Waals surface area contributed by atoms with Crippen LogP contribution in [-0.4, -0.2) is 45.2 Å². The zero-order chi connectivity index (χ0) is 30.4. The molecule has 4 N–H and O–H groups in total. The zero-order valence-corrected chi connectivity index (χ0v) is 22.6. The van der Waals surface area contributed by atoms with Gasteiger partial charge in [-0.1, -0.05) is 30.3 Å². The van der Waals surface area contributed by atoms with E-state index in [4.69, 9.17) is 4.74 Å². The molecule has 4 amide bonds. The summed E-state index contributed by atoms with van der Waals surface area (Å²) in [6.07, 6.45) is -5.62. The summed E-state index contributed by atoms with van der Waals surface area (Å²) in [6, 6.07) is 13.5. The first-order valence-corrected chi connectivity index (χ1v) is 12.3. The van der Waals surface area contributed by atoms with Gasteiger partial charge in [0.25, 0.3) is 11.8 Å². The van der Waals surface area contributed by atoms with Gasteiger partial charge in [0.2, 0.25) is 5.91 Å².